The van der Waals surface area contributed by atoms with Gasteiger partial charge in [-0.2, -0.15) is 0 Å². The minimum absolute atomic E-state index is 0.209. The summed E-state index contributed by atoms with van der Waals surface area (Å²) in [7, 11) is 1.32. The Morgan fingerprint density at radius 2 is 1.79 bits per heavy atom. The van der Waals surface area contributed by atoms with Crippen molar-refractivity contribution in [1.82, 2.24) is 0 Å². The van der Waals surface area contributed by atoms with E-state index >= 15 is 0 Å². The molecule has 0 fully saturated rings. The number of hydrogen-bond acceptors (Lipinski definition) is 6. The molecule has 0 saturated heterocycles. The summed E-state index contributed by atoms with van der Waals surface area (Å²) in [4.78, 5) is 24.9. The molecular formula is C17H13NO4S2. The third-order valence-corrected chi connectivity index (χ3v) is 4.84. The number of ether oxygens (including phenoxy) is 2. The van der Waals surface area contributed by atoms with Gasteiger partial charge in [0, 0.05) is 0 Å². The van der Waals surface area contributed by atoms with Gasteiger partial charge >= 0.3 is 5.97 Å². The van der Waals surface area contributed by atoms with Crippen LogP contribution in [0.5, 0.6) is 11.5 Å². The number of hydrogen-bond donors (Lipinski definition) is 1. The fraction of sp³-hybridized carbons (Fsp3) is 0.0588. The molecule has 3 aromatic rings. The lowest BCUT2D eigenvalue weighted by molar-refractivity contribution is 0.0603. The third kappa shape index (κ3) is 3.47. The molecule has 0 unspecified atom stereocenters. The molecule has 0 spiro atoms. The van der Waals surface area contributed by atoms with E-state index in [9.17, 15) is 9.59 Å². The number of rotatable bonds is 5. The monoisotopic (exact) mass is 359 g/mol. The van der Waals surface area contributed by atoms with E-state index in [1.165, 1.54) is 29.8 Å². The number of methoxy groups -OCH3 is 1. The van der Waals surface area contributed by atoms with Gasteiger partial charge in [0.1, 0.15) is 0 Å². The van der Waals surface area contributed by atoms with Gasteiger partial charge in [0.2, 0.25) is 0 Å². The van der Waals surface area contributed by atoms with Gasteiger partial charge in [0.15, 0.2) is 16.4 Å². The molecule has 0 aliphatic carbocycles. The summed E-state index contributed by atoms with van der Waals surface area (Å²) in [6.45, 7) is 0. The van der Waals surface area contributed by atoms with Crippen molar-refractivity contribution in [1.29, 1.82) is 0 Å². The number of nitrogens with one attached hydrogen (secondary N) is 1. The predicted molar refractivity (Wildman–Crippen MR) is 94.4 cm³/mol. The minimum Gasteiger partial charge on any atom is -0.465 e. The van der Waals surface area contributed by atoms with Crippen molar-refractivity contribution >= 4 is 40.2 Å². The third-order valence-electron chi connectivity index (χ3n) is 3.10. The van der Waals surface area contributed by atoms with Gasteiger partial charge in [-0.15, -0.1) is 22.7 Å². The van der Waals surface area contributed by atoms with E-state index in [0.717, 1.165) is 0 Å². The highest BCUT2D eigenvalue weighted by Gasteiger charge is 2.17. The Morgan fingerprint density at radius 3 is 2.54 bits per heavy atom. The molecule has 5 nitrogen and oxygen atoms in total. The molecule has 1 N–H and O–H groups in total. The molecule has 24 heavy (non-hydrogen) atoms. The van der Waals surface area contributed by atoms with Crippen LogP contribution in [0, 0.1) is 0 Å². The zero-order valence-electron chi connectivity index (χ0n) is 12.6. The average Bonchev–Trinajstić information content (AvgIpc) is 3.27. The molecular weight excluding hydrogens is 346 g/mol. The van der Waals surface area contributed by atoms with Crippen molar-refractivity contribution in [2.75, 3.05) is 12.4 Å². The standard InChI is InChI=1S/C17H13NO4S2/c1-21-17(20)15-13(8-10-24-15)22-12-6-3-2-5-11(12)18-16(19)14-7-4-9-23-14/h2-10H,1H3,(H,18,19). The molecule has 1 amide bonds. The van der Waals surface area contributed by atoms with Gasteiger partial charge in [-0.05, 0) is 35.0 Å². The zero-order chi connectivity index (χ0) is 16.9. The Bertz CT molecular complexity index is 855. The van der Waals surface area contributed by atoms with E-state index in [-0.39, 0.29) is 5.91 Å². The summed E-state index contributed by atoms with van der Waals surface area (Å²) >= 11 is 2.59. The van der Waals surface area contributed by atoms with E-state index in [1.807, 2.05) is 11.4 Å². The van der Waals surface area contributed by atoms with Crippen LogP contribution in [-0.2, 0) is 4.74 Å². The van der Waals surface area contributed by atoms with Crippen molar-refractivity contribution in [3.8, 4) is 11.5 Å². The molecule has 2 heterocycles. The first-order valence-corrected chi connectivity index (χ1v) is 8.72. The molecule has 0 atom stereocenters. The molecule has 0 saturated carbocycles. The maximum absolute atomic E-state index is 12.2. The molecule has 122 valence electrons. The molecule has 3 rings (SSSR count). The number of carbonyl (C=O) groups excluding carboxylic acids is 2. The maximum Gasteiger partial charge on any atom is 0.351 e. The first-order valence-electron chi connectivity index (χ1n) is 6.96. The molecule has 0 radical (unpaired) electrons. The van der Waals surface area contributed by atoms with Crippen LogP contribution in [0.2, 0.25) is 0 Å². The van der Waals surface area contributed by atoms with Crippen LogP contribution in [0.25, 0.3) is 0 Å². The second-order valence-electron chi connectivity index (χ2n) is 4.64. The largest absolute Gasteiger partial charge is 0.465 e. The molecule has 0 aliphatic rings. The smallest absolute Gasteiger partial charge is 0.351 e. The second-order valence-corrected chi connectivity index (χ2v) is 6.50. The SMILES string of the molecule is COC(=O)c1sccc1Oc1ccccc1NC(=O)c1cccs1. The van der Waals surface area contributed by atoms with Crippen LogP contribution in [0.15, 0.2) is 53.2 Å². The van der Waals surface area contributed by atoms with Crippen LogP contribution in [0.1, 0.15) is 19.3 Å². The zero-order valence-corrected chi connectivity index (χ0v) is 14.3. The number of anilines is 1. The van der Waals surface area contributed by atoms with Crippen molar-refractivity contribution in [2.45, 2.75) is 0 Å². The number of esters is 1. The summed E-state index contributed by atoms with van der Waals surface area (Å²) in [6, 6.07) is 12.3. The first kappa shape index (κ1) is 16.2. The fourth-order valence-corrected chi connectivity index (χ4v) is 3.34. The van der Waals surface area contributed by atoms with Crippen LogP contribution in [0.4, 0.5) is 5.69 Å². The Kier molecular flexibility index (Phi) is 4.93. The molecule has 2 aromatic heterocycles. The number of benzene rings is 1. The van der Waals surface area contributed by atoms with Crippen LogP contribution >= 0.6 is 22.7 Å². The van der Waals surface area contributed by atoms with Crippen molar-refractivity contribution < 1.29 is 19.1 Å². The van der Waals surface area contributed by atoms with Crippen molar-refractivity contribution in [3.63, 3.8) is 0 Å². The highest BCUT2D eigenvalue weighted by atomic mass is 32.1. The molecule has 0 bridgehead atoms. The van der Waals surface area contributed by atoms with Crippen molar-refractivity contribution in [3.05, 3.63) is 63.0 Å². The maximum atomic E-state index is 12.2. The summed E-state index contributed by atoms with van der Waals surface area (Å²) in [5.41, 5.74) is 0.526. The van der Waals surface area contributed by atoms with Crippen LogP contribution < -0.4 is 10.1 Å². The molecule has 0 aliphatic heterocycles. The molecule has 7 heteroatoms. The highest BCUT2D eigenvalue weighted by molar-refractivity contribution is 7.12. The summed E-state index contributed by atoms with van der Waals surface area (Å²) in [5, 5.41) is 6.40. The highest BCUT2D eigenvalue weighted by Crippen LogP contribution is 2.34. The van der Waals surface area contributed by atoms with E-state index in [2.05, 4.69) is 5.32 Å². The summed E-state index contributed by atoms with van der Waals surface area (Å²) in [5.74, 6) is 0.176. The Hall–Kier alpha value is -2.64. The lowest BCUT2D eigenvalue weighted by Crippen LogP contribution is -2.11. The van der Waals surface area contributed by atoms with E-state index < -0.39 is 5.97 Å². The van der Waals surface area contributed by atoms with E-state index in [0.29, 0.717) is 26.9 Å². The topological polar surface area (TPSA) is 64.6 Å². The average molecular weight is 359 g/mol. The van der Waals surface area contributed by atoms with Crippen LogP contribution in [0.3, 0.4) is 0 Å². The van der Waals surface area contributed by atoms with E-state index in [1.54, 1.807) is 41.8 Å². The van der Waals surface area contributed by atoms with Gasteiger partial charge in [-0.1, -0.05) is 18.2 Å². The normalized spacial score (nSPS) is 10.2. The first-order chi connectivity index (χ1) is 11.7. The van der Waals surface area contributed by atoms with Gasteiger partial charge < -0.3 is 14.8 Å². The summed E-state index contributed by atoms with van der Waals surface area (Å²) < 4.78 is 10.6. The van der Waals surface area contributed by atoms with Gasteiger partial charge in [-0.25, -0.2) is 4.79 Å². The predicted octanol–water partition coefficient (Wildman–Crippen LogP) is 4.64. The van der Waals surface area contributed by atoms with Crippen LogP contribution in [-0.4, -0.2) is 19.0 Å². The lowest BCUT2D eigenvalue weighted by atomic mass is 10.3. The number of para-hydroxylation sites is 2. The summed E-state index contributed by atoms with van der Waals surface area (Å²) in [6.07, 6.45) is 0. The lowest BCUT2D eigenvalue weighted by Gasteiger charge is -2.11. The second kappa shape index (κ2) is 7.29. The fourth-order valence-electron chi connectivity index (χ4n) is 1.99. The van der Waals surface area contributed by atoms with Crippen molar-refractivity contribution in [2.24, 2.45) is 0 Å². The number of amides is 1. The van der Waals surface area contributed by atoms with Gasteiger partial charge in [0.05, 0.1) is 17.7 Å². The number of thiophene rings is 2. The van der Waals surface area contributed by atoms with Gasteiger partial charge in [-0.3, -0.25) is 4.79 Å². The Labute approximate surface area is 146 Å². The van der Waals surface area contributed by atoms with E-state index in [4.69, 9.17) is 9.47 Å². The number of carbonyl (C=O) groups is 2. The Balaban J connectivity index is 1.84. The molecule has 1 aromatic carbocycles. The quantitative estimate of drug-likeness (QED) is 0.674. The Morgan fingerprint density at radius 1 is 0.958 bits per heavy atom. The van der Waals surface area contributed by atoms with Gasteiger partial charge in [0.25, 0.3) is 5.91 Å². The minimum atomic E-state index is -0.458.